The first-order valence-corrected chi connectivity index (χ1v) is 9.67. The molecule has 0 radical (unpaired) electrons. The second-order valence-corrected chi connectivity index (χ2v) is 7.15. The van der Waals surface area contributed by atoms with Gasteiger partial charge in [-0.15, -0.1) is 24.0 Å². The van der Waals surface area contributed by atoms with Gasteiger partial charge >= 0.3 is 0 Å². The Balaban J connectivity index is 0.00000280. The van der Waals surface area contributed by atoms with Crippen LogP contribution in [-0.4, -0.2) is 38.2 Å². The number of hydrogen-bond donors (Lipinski definition) is 2. The van der Waals surface area contributed by atoms with E-state index in [4.69, 9.17) is 4.74 Å². The summed E-state index contributed by atoms with van der Waals surface area (Å²) in [6.07, 6.45) is 1.28. The summed E-state index contributed by atoms with van der Waals surface area (Å²) in [6.45, 7) is 6.84. The summed E-state index contributed by atoms with van der Waals surface area (Å²) in [6, 6.07) is 19.2. The Hall–Kier alpha value is -1.96. The van der Waals surface area contributed by atoms with Crippen molar-refractivity contribution >= 4 is 35.6 Å². The lowest BCUT2D eigenvalue weighted by molar-refractivity contribution is 0.242. The summed E-state index contributed by atoms with van der Waals surface area (Å²) in [5.74, 6) is 1.74. The Labute approximate surface area is 185 Å². The van der Waals surface area contributed by atoms with Crippen LogP contribution < -0.4 is 20.3 Å². The van der Waals surface area contributed by atoms with E-state index in [1.807, 2.05) is 33.0 Å². The van der Waals surface area contributed by atoms with Crippen LogP contribution in [0.3, 0.4) is 0 Å². The second kappa shape index (κ2) is 11.1. The molecule has 0 bridgehead atoms. The van der Waals surface area contributed by atoms with Crippen LogP contribution >= 0.6 is 24.0 Å². The Morgan fingerprint density at radius 1 is 1.18 bits per heavy atom. The van der Waals surface area contributed by atoms with Crippen LogP contribution in [0.15, 0.2) is 59.6 Å². The molecule has 0 saturated carbocycles. The standard InChI is InChI=1S/C22H30N4O.HI/c1-17(2)27-21-11-7-8-18(14-21)15-24-22(23-3)25-19-12-13-26(16-19)20-9-5-4-6-10-20;/h4-11,14,17,19H,12-13,15-16H2,1-3H3,(H2,23,24,25);1H. The van der Waals surface area contributed by atoms with E-state index in [9.17, 15) is 0 Å². The molecule has 0 aromatic heterocycles. The molecule has 1 aliphatic heterocycles. The molecule has 28 heavy (non-hydrogen) atoms. The van der Waals surface area contributed by atoms with Crippen molar-refractivity contribution in [2.24, 2.45) is 4.99 Å². The van der Waals surface area contributed by atoms with Gasteiger partial charge in [-0.25, -0.2) is 0 Å². The third-order valence-electron chi connectivity index (χ3n) is 4.60. The number of guanidine groups is 1. The number of nitrogens with one attached hydrogen (secondary N) is 2. The molecule has 1 heterocycles. The molecule has 0 aliphatic carbocycles. The highest BCUT2D eigenvalue weighted by molar-refractivity contribution is 14.0. The first kappa shape index (κ1) is 22.3. The molecule has 2 aromatic carbocycles. The van der Waals surface area contributed by atoms with Crippen molar-refractivity contribution in [2.45, 2.75) is 39.0 Å². The van der Waals surface area contributed by atoms with Gasteiger partial charge in [0.15, 0.2) is 5.96 Å². The maximum atomic E-state index is 5.77. The van der Waals surface area contributed by atoms with Crippen LogP contribution in [0.4, 0.5) is 5.69 Å². The number of anilines is 1. The van der Waals surface area contributed by atoms with Gasteiger partial charge < -0.3 is 20.3 Å². The minimum Gasteiger partial charge on any atom is -0.491 e. The number of hydrogen-bond acceptors (Lipinski definition) is 3. The number of nitrogens with zero attached hydrogens (tertiary/aromatic N) is 2. The molecule has 0 spiro atoms. The Kier molecular flexibility index (Phi) is 8.89. The summed E-state index contributed by atoms with van der Waals surface area (Å²) in [4.78, 5) is 6.79. The summed E-state index contributed by atoms with van der Waals surface area (Å²) in [5.41, 5.74) is 2.46. The average Bonchev–Trinajstić information content (AvgIpc) is 3.14. The maximum Gasteiger partial charge on any atom is 0.191 e. The minimum atomic E-state index is 0. The van der Waals surface area contributed by atoms with E-state index < -0.39 is 0 Å². The molecule has 6 heteroatoms. The molecule has 152 valence electrons. The van der Waals surface area contributed by atoms with E-state index in [0.29, 0.717) is 12.6 Å². The number of benzene rings is 2. The highest BCUT2D eigenvalue weighted by atomic mass is 127. The van der Waals surface area contributed by atoms with Gasteiger partial charge in [0.05, 0.1) is 6.10 Å². The Morgan fingerprint density at radius 2 is 1.96 bits per heavy atom. The van der Waals surface area contributed by atoms with E-state index in [0.717, 1.165) is 31.2 Å². The van der Waals surface area contributed by atoms with E-state index in [1.165, 1.54) is 11.3 Å². The van der Waals surface area contributed by atoms with Crippen molar-refractivity contribution in [3.63, 3.8) is 0 Å². The van der Waals surface area contributed by atoms with Crippen molar-refractivity contribution in [2.75, 3.05) is 25.0 Å². The van der Waals surface area contributed by atoms with Gasteiger partial charge in [0, 0.05) is 38.4 Å². The summed E-state index contributed by atoms with van der Waals surface area (Å²) < 4.78 is 5.77. The maximum absolute atomic E-state index is 5.77. The van der Waals surface area contributed by atoms with Gasteiger partial charge in [-0.1, -0.05) is 30.3 Å². The number of para-hydroxylation sites is 1. The highest BCUT2D eigenvalue weighted by Crippen LogP contribution is 2.19. The second-order valence-electron chi connectivity index (χ2n) is 7.15. The summed E-state index contributed by atoms with van der Waals surface area (Å²) in [7, 11) is 1.82. The van der Waals surface area contributed by atoms with E-state index >= 15 is 0 Å². The van der Waals surface area contributed by atoms with E-state index in [2.05, 4.69) is 63.0 Å². The topological polar surface area (TPSA) is 48.9 Å². The monoisotopic (exact) mass is 494 g/mol. The number of aliphatic imine (C=N–C) groups is 1. The lowest BCUT2D eigenvalue weighted by atomic mass is 10.2. The molecular formula is C22H31IN4O. The molecule has 1 fully saturated rings. The fourth-order valence-electron chi connectivity index (χ4n) is 3.33. The number of ether oxygens (including phenoxy) is 1. The minimum absolute atomic E-state index is 0. The molecule has 1 aliphatic rings. The zero-order valence-corrected chi connectivity index (χ0v) is 19.2. The lowest BCUT2D eigenvalue weighted by Gasteiger charge is -2.20. The molecule has 1 atom stereocenters. The van der Waals surface area contributed by atoms with Crippen LogP contribution in [0.25, 0.3) is 0 Å². The molecular weight excluding hydrogens is 463 g/mol. The van der Waals surface area contributed by atoms with Crippen LogP contribution in [0.2, 0.25) is 0 Å². The molecule has 0 amide bonds. The average molecular weight is 494 g/mol. The van der Waals surface area contributed by atoms with Crippen LogP contribution in [-0.2, 0) is 6.54 Å². The fraction of sp³-hybridized carbons (Fsp3) is 0.409. The third-order valence-corrected chi connectivity index (χ3v) is 4.60. The molecule has 1 saturated heterocycles. The zero-order chi connectivity index (χ0) is 19.1. The van der Waals surface area contributed by atoms with Crippen molar-refractivity contribution < 1.29 is 4.74 Å². The Morgan fingerprint density at radius 3 is 2.68 bits per heavy atom. The predicted octanol–water partition coefficient (Wildman–Crippen LogP) is 4.04. The van der Waals surface area contributed by atoms with Gasteiger partial charge in [0.25, 0.3) is 0 Å². The van der Waals surface area contributed by atoms with Crippen molar-refractivity contribution in [3.8, 4) is 5.75 Å². The Bertz CT molecular complexity index is 751. The normalized spacial score (nSPS) is 16.6. The van der Waals surface area contributed by atoms with Gasteiger partial charge in [0.1, 0.15) is 5.75 Å². The number of rotatable bonds is 6. The SMILES string of the molecule is CN=C(NCc1cccc(OC(C)C)c1)NC1CCN(c2ccccc2)C1.I. The summed E-state index contributed by atoms with van der Waals surface area (Å²) in [5, 5.41) is 6.96. The quantitative estimate of drug-likeness (QED) is 0.362. The predicted molar refractivity (Wildman–Crippen MR) is 128 cm³/mol. The molecule has 1 unspecified atom stereocenters. The van der Waals surface area contributed by atoms with Crippen molar-refractivity contribution in [1.82, 2.24) is 10.6 Å². The number of halogens is 1. The van der Waals surface area contributed by atoms with Crippen LogP contribution in [0, 0.1) is 0 Å². The van der Waals surface area contributed by atoms with Crippen LogP contribution in [0.5, 0.6) is 5.75 Å². The van der Waals surface area contributed by atoms with Crippen LogP contribution in [0.1, 0.15) is 25.8 Å². The van der Waals surface area contributed by atoms with E-state index in [1.54, 1.807) is 0 Å². The van der Waals surface area contributed by atoms with E-state index in [-0.39, 0.29) is 30.1 Å². The first-order chi connectivity index (χ1) is 13.1. The van der Waals surface area contributed by atoms with Gasteiger partial charge in [0.2, 0.25) is 0 Å². The third kappa shape index (κ3) is 6.58. The first-order valence-electron chi connectivity index (χ1n) is 9.67. The van der Waals surface area contributed by atoms with Gasteiger partial charge in [-0.2, -0.15) is 0 Å². The van der Waals surface area contributed by atoms with Gasteiger partial charge in [-0.05, 0) is 50.1 Å². The summed E-state index contributed by atoms with van der Waals surface area (Å²) >= 11 is 0. The van der Waals surface area contributed by atoms with Crippen molar-refractivity contribution in [3.05, 3.63) is 60.2 Å². The van der Waals surface area contributed by atoms with Gasteiger partial charge in [-0.3, -0.25) is 4.99 Å². The fourth-order valence-corrected chi connectivity index (χ4v) is 3.33. The molecule has 2 N–H and O–H groups in total. The van der Waals surface area contributed by atoms with Crippen molar-refractivity contribution in [1.29, 1.82) is 0 Å². The molecule has 2 aromatic rings. The lowest BCUT2D eigenvalue weighted by Crippen LogP contribution is -2.44. The molecule has 5 nitrogen and oxygen atoms in total. The highest BCUT2D eigenvalue weighted by Gasteiger charge is 2.23. The zero-order valence-electron chi connectivity index (χ0n) is 16.9. The molecule has 3 rings (SSSR count). The smallest absolute Gasteiger partial charge is 0.191 e. The largest absolute Gasteiger partial charge is 0.491 e.